The van der Waals surface area contributed by atoms with E-state index in [1.54, 1.807) is 13.1 Å². The Morgan fingerprint density at radius 1 is 1.27 bits per heavy atom. The van der Waals surface area contributed by atoms with Crippen molar-refractivity contribution in [3.63, 3.8) is 0 Å². The van der Waals surface area contributed by atoms with Crippen LogP contribution in [0, 0.1) is 0 Å². The fraction of sp³-hybridized carbons (Fsp3) is 0.350. The second-order valence-corrected chi connectivity index (χ2v) is 6.84. The van der Waals surface area contributed by atoms with Gasteiger partial charge in [-0.3, -0.25) is 4.79 Å². The largest absolute Gasteiger partial charge is 0.379 e. The van der Waals surface area contributed by atoms with Gasteiger partial charge in [-0.1, -0.05) is 41.6 Å². The lowest BCUT2D eigenvalue weighted by Crippen LogP contribution is -2.44. The summed E-state index contributed by atoms with van der Waals surface area (Å²) in [5.74, 6) is 0.681. The smallest absolute Gasteiger partial charge is 0.267 e. The minimum atomic E-state index is -0.928. The molecule has 3 rings (SSSR count). The molecule has 0 radical (unpaired) electrons. The van der Waals surface area contributed by atoms with Crippen LogP contribution in [0.1, 0.15) is 31.4 Å². The zero-order chi connectivity index (χ0) is 18.6. The third-order valence-corrected chi connectivity index (χ3v) is 4.41. The highest BCUT2D eigenvalue weighted by Gasteiger charge is 2.40. The van der Waals surface area contributed by atoms with Crippen LogP contribution in [-0.4, -0.2) is 29.3 Å². The molecule has 136 valence electrons. The quantitative estimate of drug-likeness (QED) is 0.868. The molecule has 2 heterocycles. The van der Waals surface area contributed by atoms with Crippen molar-refractivity contribution < 1.29 is 9.63 Å². The molecule has 1 aliphatic rings. The van der Waals surface area contributed by atoms with Crippen LogP contribution in [-0.2, 0) is 22.7 Å². The van der Waals surface area contributed by atoms with Crippen molar-refractivity contribution in [2.75, 3.05) is 11.9 Å². The van der Waals surface area contributed by atoms with Gasteiger partial charge in [-0.15, -0.1) is 0 Å². The second-order valence-electron chi connectivity index (χ2n) is 6.84. The molecular weight excluding hydrogens is 328 g/mol. The van der Waals surface area contributed by atoms with Crippen molar-refractivity contribution >= 4 is 17.4 Å². The van der Waals surface area contributed by atoms with Gasteiger partial charge in [0.15, 0.2) is 0 Å². The zero-order valence-electron chi connectivity index (χ0n) is 15.4. The first-order valence-corrected chi connectivity index (χ1v) is 8.67. The van der Waals surface area contributed by atoms with Gasteiger partial charge in [-0.2, -0.15) is 0 Å². The van der Waals surface area contributed by atoms with Gasteiger partial charge >= 0.3 is 0 Å². The Balaban J connectivity index is 1.66. The van der Waals surface area contributed by atoms with Crippen LogP contribution in [0.25, 0.3) is 0 Å². The fourth-order valence-electron chi connectivity index (χ4n) is 3.06. The first kappa shape index (κ1) is 17.9. The van der Waals surface area contributed by atoms with Gasteiger partial charge < -0.3 is 15.1 Å². The Bertz CT molecular complexity index is 806. The van der Waals surface area contributed by atoms with Crippen molar-refractivity contribution in [3.05, 3.63) is 59.8 Å². The summed E-state index contributed by atoms with van der Waals surface area (Å²) >= 11 is 0. The Hall–Kier alpha value is -2.89. The Kier molecular flexibility index (Phi) is 5.21. The van der Waals surface area contributed by atoms with Crippen LogP contribution in [0.3, 0.4) is 0 Å². The van der Waals surface area contributed by atoms with Crippen molar-refractivity contribution in [1.82, 2.24) is 10.3 Å². The van der Waals surface area contributed by atoms with E-state index in [1.807, 2.05) is 44.3 Å². The lowest BCUT2D eigenvalue weighted by atomic mass is 9.99. The maximum atomic E-state index is 12.5. The molecule has 1 unspecified atom stereocenters. The topological polar surface area (TPSA) is 66.8 Å². The van der Waals surface area contributed by atoms with Crippen molar-refractivity contribution in [3.8, 4) is 0 Å². The summed E-state index contributed by atoms with van der Waals surface area (Å²) in [5, 5.41) is 6.85. The SMILES string of the molecule is CC1=NOC(C)(C(=O)NCc2cccnc2N(C)Cc2ccccc2)C1. The Morgan fingerprint density at radius 3 is 2.73 bits per heavy atom. The molecule has 0 fully saturated rings. The standard InChI is InChI=1S/C20H24N4O2/c1-15-12-20(2,26-23-15)19(25)22-13-17-10-7-11-21-18(17)24(3)14-16-8-5-4-6-9-16/h4-11H,12-14H2,1-3H3,(H,22,25). The number of carbonyl (C=O) groups excluding carboxylic acids is 1. The first-order chi connectivity index (χ1) is 12.5. The average Bonchev–Trinajstić information content (AvgIpc) is 3.01. The monoisotopic (exact) mass is 352 g/mol. The van der Waals surface area contributed by atoms with Crippen LogP contribution in [0.2, 0.25) is 0 Å². The summed E-state index contributed by atoms with van der Waals surface area (Å²) in [7, 11) is 2.00. The van der Waals surface area contributed by atoms with E-state index in [9.17, 15) is 4.79 Å². The number of anilines is 1. The van der Waals surface area contributed by atoms with Gasteiger partial charge in [0.1, 0.15) is 5.82 Å². The van der Waals surface area contributed by atoms with E-state index in [0.29, 0.717) is 13.0 Å². The van der Waals surface area contributed by atoms with Crippen molar-refractivity contribution in [2.24, 2.45) is 5.16 Å². The molecule has 1 aromatic heterocycles. The van der Waals surface area contributed by atoms with E-state index in [2.05, 4.69) is 32.5 Å². The lowest BCUT2D eigenvalue weighted by Gasteiger charge is -2.23. The van der Waals surface area contributed by atoms with Crippen LogP contribution >= 0.6 is 0 Å². The molecule has 1 amide bonds. The summed E-state index contributed by atoms with van der Waals surface area (Å²) in [5.41, 5.74) is 2.06. The lowest BCUT2D eigenvalue weighted by molar-refractivity contribution is -0.141. The van der Waals surface area contributed by atoms with Gasteiger partial charge in [0.2, 0.25) is 5.60 Å². The molecular formula is C20H24N4O2. The van der Waals surface area contributed by atoms with Gasteiger partial charge in [0.25, 0.3) is 5.91 Å². The maximum Gasteiger partial charge on any atom is 0.267 e. The zero-order valence-corrected chi connectivity index (χ0v) is 15.4. The number of hydrogen-bond acceptors (Lipinski definition) is 5. The van der Waals surface area contributed by atoms with Gasteiger partial charge in [0.05, 0.1) is 5.71 Å². The predicted molar refractivity (Wildman–Crippen MR) is 102 cm³/mol. The second kappa shape index (κ2) is 7.56. The van der Waals surface area contributed by atoms with Crippen molar-refractivity contribution in [2.45, 2.75) is 39.0 Å². The number of aromatic nitrogens is 1. The Morgan fingerprint density at radius 2 is 2.04 bits per heavy atom. The summed E-state index contributed by atoms with van der Waals surface area (Å²) in [4.78, 5) is 24.4. The van der Waals surface area contributed by atoms with Crippen LogP contribution in [0.5, 0.6) is 0 Å². The van der Waals surface area contributed by atoms with E-state index in [1.165, 1.54) is 5.56 Å². The number of carbonyl (C=O) groups is 1. The Labute approximate surface area is 153 Å². The molecule has 26 heavy (non-hydrogen) atoms. The minimum Gasteiger partial charge on any atom is -0.379 e. The van der Waals surface area contributed by atoms with Crippen LogP contribution in [0.15, 0.2) is 53.8 Å². The van der Waals surface area contributed by atoms with Gasteiger partial charge in [-0.25, -0.2) is 4.98 Å². The average molecular weight is 352 g/mol. The summed E-state index contributed by atoms with van der Waals surface area (Å²) in [6.45, 7) is 4.75. The molecule has 6 nitrogen and oxygen atoms in total. The molecule has 1 aliphatic heterocycles. The first-order valence-electron chi connectivity index (χ1n) is 8.67. The molecule has 0 saturated carbocycles. The van der Waals surface area contributed by atoms with Crippen LogP contribution in [0.4, 0.5) is 5.82 Å². The number of benzene rings is 1. The predicted octanol–water partition coefficient (Wildman–Crippen LogP) is 2.89. The number of rotatable bonds is 6. The molecule has 0 saturated heterocycles. The molecule has 2 aromatic rings. The molecule has 1 atom stereocenters. The van der Waals surface area contributed by atoms with Crippen LogP contribution < -0.4 is 10.2 Å². The molecule has 0 aliphatic carbocycles. The normalized spacial score (nSPS) is 18.8. The highest BCUT2D eigenvalue weighted by molar-refractivity contribution is 5.94. The van der Waals surface area contributed by atoms with E-state index >= 15 is 0 Å². The summed E-state index contributed by atoms with van der Waals surface area (Å²) < 4.78 is 0. The summed E-state index contributed by atoms with van der Waals surface area (Å²) in [6, 6.07) is 14.1. The third-order valence-electron chi connectivity index (χ3n) is 4.41. The highest BCUT2D eigenvalue weighted by atomic mass is 16.7. The van der Waals surface area contributed by atoms with Gasteiger partial charge in [-0.05, 0) is 25.5 Å². The fourth-order valence-corrected chi connectivity index (χ4v) is 3.06. The number of oxime groups is 1. The van der Waals surface area contributed by atoms with Gasteiger partial charge in [0, 0.05) is 38.3 Å². The van der Waals surface area contributed by atoms with E-state index in [4.69, 9.17) is 4.84 Å². The third kappa shape index (κ3) is 4.02. The number of nitrogens with one attached hydrogen (secondary N) is 1. The molecule has 0 spiro atoms. The molecule has 1 aromatic carbocycles. The molecule has 0 bridgehead atoms. The molecule has 6 heteroatoms. The minimum absolute atomic E-state index is 0.168. The number of pyridine rings is 1. The van der Waals surface area contributed by atoms with Crippen molar-refractivity contribution in [1.29, 1.82) is 0 Å². The number of nitrogens with zero attached hydrogens (tertiary/aromatic N) is 3. The summed E-state index contributed by atoms with van der Waals surface area (Å²) in [6.07, 6.45) is 2.27. The van der Waals surface area contributed by atoms with E-state index in [-0.39, 0.29) is 5.91 Å². The highest BCUT2D eigenvalue weighted by Crippen LogP contribution is 2.24. The van der Waals surface area contributed by atoms with E-state index < -0.39 is 5.60 Å². The molecule has 1 N–H and O–H groups in total. The number of hydrogen-bond donors (Lipinski definition) is 1. The maximum absolute atomic E-state index is 12.5. The number of amides is 1. The van der Waals surface area contributed by atoms with E-state index in [0.717, 1.165) is 23.6 Å².